The third-order valence-corrected chi connectivity index (χ3v) is 3.65. The van der Waals surface area contributed by atoms with E-state index < -0.39 is 0 Å². The van der Waals surface area contributed by atoms with E-state index in [-0.39, 0.29) is 5.91 Å². The van der Waals surface area contributed by atoms with Gasteiger partial charge in [-0.1, -0.05) is 30.3 Å². The van der Waals surface area contributed by atoms with Crippen molar-refractivity contribution in [2.75, 3.05) is 0 Å². The summed E-state index contributed by atoms with van der Waals surface area (Å²) < 4.78 is 0. The highest BCUT2D eigenvalue weighted by Gasteiger charge is 2.14. The highest BCUT2D eigenvalue weighted by molar-refractivity contribution is 5.98. The van der Waals surface area contributed by atoms with Crippen LogP contribution in [0.15, 0.2) is 67.0 Å². The quantitative estimate of drug-likeness (QED) is 0.757. The second-order valence-electron chi connectivity index (χ2n) is 5.31. The van der Waals surface area contributed by atoms with E-state index in [1.54, 1.807) is 12.4 Å². The Balaban J connectivity index is 1.84. The number of rotatable bonds is 5. The van der Waals surface area contributed by atoms with Crippen LogP contribution in [0.4, 0.5) is 0 Å². The summed E-state index contributed by atoms with van der Waals surface area (Å²) in [7, 11) is 0. The molecule has 0 saturated carbocycles. The molecule has 3 aromatic rings. The minimum absolute atomic E-state index is 0.227. The van der Waals surface area contributed by atoms with Gasteiger partial charge in [-0.3, -0.25) is 14.8 Å². The Kier molecular flexibility index (Phi) is 4.93. The number of nitrogens with one attached hydrogen (secondary N) is 1. The molecular weight excluding hydrogens is 300 g/mol. The Morgan fingerprint density at radius 3 is 2.67 bits per heavy atom. The zero-order chi connectivity index (χ0) is 16.8. The maximum absolute atomic E-state index is 12.5. The topological polar surface area (TPSA) is 80.9 Å². The molecule has 0 fully saturated rings. The number of amides is 1. The van der Waals surface area contributed by atoms with Crippen molar-refractivity contribution in [2.24, 2.45) is 5.73 Å². The molecule has 0 bridgehead atoms. The lowest BCUT2D eigenvalue weighted by Gasteiger charge is -2.10. The normalized spacial score (nSPS) is 10.4. The van der Waals surface area contributed by atoms with Crippen LogP contribution in [0.1, 0.15) is 21.7 Å². The number of hydrogen-bond acceptors (Lipinski definition) is 4. The van der Waals surface area contributed by atoms with Crippen molar-refractivity contribution in [3.63, 3.8) is 0 Å². The van der Waals surface area contributed by atoms with Crippen LogP contribution in [0, 0.1) is 0 Å². The number of hydrogen-bond donors (Lipinski definition) is 2. The van der Waals surface area contributed by atoms with Gasteiger partial charge in [-0.15, -0.1) is 0 Å². The number of nitrogens with zero attached hydrogens (tertiary/aromatic N) is 2. The maximum atomic E-state index is 12.5. The van der Waals surface area contributed by atoms with Gasteiger partial charge in [-0.25, -0.2) is 0 Å². The van der Waals surface area contributed by atoms with Crippen LogP contribution in [-0.2, 0) is 13.1 Å². The van der Waals surface area contributed by atoms with Crippen LogP contribution >= 0.6 is 0 Å². The molecule has 1 amide bonds. The van der Waals surface area contributed by atoms with E-state index in [0.29, 0.717) is 18.8 Å². The first-order valence-electron chi connectivity index (χ1n) is 7.70. The summed E-state index contributed by atoms with van der Waals surface area (Å²) in [4.78, 5) is 21.0. The molecule has 0 unspecified atom stereocenters. The monoisotopic (exact) mass is 318 g/mol. The van der Waals surface area contributed by atoms with Gasteiger partial charge in [-0.2, -0.15) is 0 Å². The number of aromatic nitrogens is 2. The largest absolute Gasteiger partial charge is 0.345 e. The van der Waals surface area contributed by atoms with Crippen LogP contribution in [0.3, 0.4) is 0 Å². The Morgan fingerprint density at radius 2 is 1.88 bits per heavy atom. The summed E-state index contributed by atoms with van der Waals surface area (Å²) in [6, 6.07) is 17.1. The van der Waals surface area contributed by atoms with E-state index in [9.17, 15) is 4.79 Å². The Labute approximate surface area is 140 Å². The summed E-state index contributed by atoms with van der Waals surface area (Å²) in [5.74, 6) is -0.227. The molecule has 0 spiro atoms. The number of nitrogens with two attached hydrogens (primary N) is 1. The average molecular weight is 318 g/mol. The zero-order valence-electron chi connectivity index (χ0n) is 13.1. The smallest absolute Gasteiger partial charge is 0.270 e. The summed E-state index contributed by atoms with van der Waals surface area (Å²) in [6.07, 6.45) is 3.32. The second kappa shape index (κ2) is 7.48. The first kappa shape index (κ1) is 15.8. The average Bonchev–Trinajstić information content (AvgIpc) is 2.67. The maximum Gasteiger partial charge on any atom is 0.270 e. The molecule has 2 aromatic heterocycles. The van der Waals surface area contributed by atoms with Crippen molar-refractivity contribution in [2.45, 2.75) is 13.1 Å². The minimum atomic E-state index is -0.227. The molecule has 24 heavy (non-hydrogen) atoms. The molecule has 0 atom stereocenters. The molecule has 0 aliphatic carbocycles. The van der Waals surface area contributed by atoms with Crippen LogP contribution < -0.4 is 11.1 Å². The van der Waals surface area contributed by atoms with E-state index in [1.165, 1.54) is 0 Å². The van der Waals surface area contributed by atoms with E-state index in [1.807, 2.05) is 54.6 Å². The SMILES string of the molecule is NCc1cccc(-c2cccnc2C(=O)NCc2ccccn2)c1. The van der Waals surface area contributed by atoms with Crippen LogP contribution in [0.2, 0.25) is 0 Å². The van der Waals surface area contributed by atoms with Crippen molar-refractivity contribution < 1.29 is 4.79 Å². The molecule has 0 aliphatic rings. The van der Waals surface area contributed by atoms with E-state index >= 15 is 0 Å². The third-order valence-electron chi connectivity index (χ3n) is 3.65. The third kappa shape index (κ3) is 3.64. The lowest BCUT2D eigenvalue weighted by molar-refractivity contribution is 0.0946. The Hall–Kier alpha value is -3.05. The highest BCUT2D eigenvalue weighted by atomic mass is 16.1. The van der Waals surface area contributed by atoms with Gasteiger partial charge in [0.1, 0.15) is 5.69 Å². The first-order valence-corrected chi connectivity index (χ1v) is 7.70. The van der Waals surface area contributed by atoms with Crippen LogP contribution in [-0.4, -0.2) is 15.9 Å². The fourth-order valence-electron chi connectivity index (χ4n) is 2.44. The van der Waals surface area contributed by atoms with Crippen molar-refractivity contribution >= 4 is 5.91 Å². The highest BCUT2D eigenvalue weighted by Crippen LogP contribution is 2.23. The molecule has 1 aromatic carbocycles. The lowest BCUT2D eigenvalue weighted by Crippen LogP contribution is -2.24. The molecule has 5 nitrogen and oxygen atoms in total. The fourth-order valence-corrected chi connectivity index (χ4v) is 2.44. The van der Waals surface area contributed by atoms with Gasteiger partial charge in [0.2, 0.25) is 0 Å². The van der Waals surface area contributed by atoms with Crippen molar-refractivity contribution in [3.05, 3.63) is 83.9 Å². The number of carbonyl (C=O) groups excluding carboxylic acids is 1. The number of benzene rings is 1. The fraction of sp³-hybridized carbons (Fsp3) is 0.105. The van der Waals surface area contributed by atoms with Gasteiger partial charge in [-0.05, 0) is 35.4 Å². The van der Waals surface area contributed by atoms with Crippen molar-refractivity contribution in [1.82, 2.24) is 15.3 Å². The van der Waals surface area contributed by atoms with Gasteiger partial charge >= 0.3 is 0 Å². The Morgan fingerprint density at radius 1 is 1.00 bits per heavy atom. The van der Waals surface area contributed by atoms with Crippen LogP contribution in [0.5, 0.6) is 0 Å². The van der Waals surface area contributed by atoms with Crippen molar-refractivity contribution in [1.29, 1.82) is 0 Å². The van der Waals surface area contributed by atoms with Gasteiger partial charge in [0, 0.05) is 24.5 Å². The predicted molar refractivity (Wildman–Crippen MR) is 93.0 cm³/mol. The summed E-state index contributed by atoms with van der Waals surface area (Å²) in [6.45, 7) is 0.813. The number of pyridine rings is 2. The molecular formula is C19H18N4O. The van der Waals surface area contributed by atoms with Gasteiger partial charge in [0.05, 0.1) is 12.2 Å². The molecule has 3 rings (SSSR count). The second-order valence-corrected chi connectivity index (χ2v) is 5.31. The Bertz CT molecular complexity index is 834. The molecule has 0 radical (unpaired) electrons. The lowest BCUT2D eigenvalue weighted by atomic mass is 10.0. The minimum Gasteiger partial charge on any atom is -0.345 e. The number of carbonyl (C=O) groups is 1. The van der Waals surface area contributed by atoms with Crippen LogP contribution in [0.25, 0.3) is 11.1 Å². The molecule has 3 N–H and O–H groups in total. The standard InChI is InChI=1S/C19H18N4O/c20-12-14-5-3-6-15(11-14)17-8-4-10-22-18(17)19(24)23-13-16-7-1-2-9-21-16/h1-11H,12-13,20H2,(H,23,24). The molecule has 5 heteroatoms. The summed E-state index contributed by atoms with van der Waals surface area (Å²) >= 11 is 0. The predicted octanol–water partition coefficient (Wildman–Crippen LogP) is 2.53. The summed E-state index contributed by atoms with van der Waals surface area (Å²) in [5, 5.41) is 2.87. The van der Waals surface area contributed by atoms with Gasteiger partial charge < -0.3 is 11.1 Å². The molecule has 0 saturated heterocycles. The van der Waals surface area contributed by atoms with Gasteiger partial charge in [0.25, 0.3) is 5.91 Å². The van der Waals surface area contributed by atoms with E-state index in [2.05, 4.69) is 15.3 Å². The van der Waals surface area contributed by atoms with E-state index in [0.717, 1.165) is 22.4 Å². The zero-order valence-corrected chi connectivity index (χ0v) is 13.1. The van der Waals surface area contributed by atoms with E-state index in [4.69, 9.17) is 5.73 Å². The van der Waals surface area contributed by atoms with Crippen molar-refractivity contribution in [3.8, 4) is 11.1 Å². The van der Waals surface area contributed by atoms with Gasteiger partial charge in [0.15, 0.2) is 0 Å². The molecule has 2 heterocycles. The molecule has 120 valence electrons. The summed E-state index contributed by atoms with van der Waals surface area (Å²) in [5.41, 5.74) is 9.61. The first-order chi connectivity index (χ1) is 11.8. The molecule has 0 aliphatic heterocycles.